The van der Waals surface area contributed by atoms with Crippen molar-refractivity contribution in [3.63, 3.8) is 0 Å². The summed E-state index contributed by atoms with van der Waals surface area (Å²) >= 11 is 0. The molecule has 0 aliphatic carbocycles. The molecule has 72 heavy (non-hydrogen) atoms. The van der Waals surface area contributed by atoms with Crippen LogP contribution in [-0.2, 0) is 43.0 Å². The average molecular weight is 1060 g/mol. The van der Waals surface area contributed by atoms with Crippen LogP contribution in [0.1, 0.15) is 198 Å². The topological polar surface area (TPSA) is 240 Å². The molecule has 0 spiro atoms. The van der Waals surface area contributed by atoms with Crippen LogP contribution in [0.4, 0.5) is 0 Å². The van der Waals surface area contributed by atoms with E-state index in [4.69, 9.17) is 33.0 Å². The number of aliphatic hydroxyl groups is 6. The lowest BCUT2D eigenvalue weighted by atomic mass is 9.91. The van der Waals surface area contributed by atoms with Crippen LogP contribution >= 0.6 is 0 Å². The Morgan fingerprint density at radius 2 is 0.875 bits per heavy atom. The maximum Gasteiger partial charge on any atom is 0.397 e. The van der Waals surface area contributed by atoms with E-state index in [2.05, 4.69) is 73.4 Å². The van der Waals surface area contributed by atoms with E-state index in [-0.39, 0.29) is 13.2 Å². The van der Waals surface area contributed by atoms with Crippen LogP contribution in [0.15, 0.2) is 0 Å². The molecule has 7 N–H and O–H groups in total. The predicted octanol–water partition coefficient (Wildman–Crippen LogP) is 8.79. The van der Waals surface area contributed by atoms with Crippen LogP contribution in [0.25, 0.3) is 0 Å². The highest BCUT2D eigenvalue weighted by atomic mass is 32.3. The Labute approximate surface area is 437 Å². The van der Waals surface area contributed by atoms with Gasteiger partial charge in [0.25, 0.3) is 0 Å². The van der Waals surface area contributed by atoms with Gasteiger partial charge in [0.15, 0.2) is 12.6 Å². The molecule has 0 aromatic carbocycles. The summed E-state index contributed by atoms with van der Waals surface area (Å²) < 4.78 is 71.1. The lowest BCUT2D eigenvalue weighted by Crippen LogP contribution is -2.64. The summed E-state index contributed by atoms with van der Waals surface area (Å²) in [6.07, 6.45) is 7.17. The Kier molecular flexibility index (Phi) is 34.9. The van der Waals surface area contributed by atoms with Crippen molar-refractivity contribution in [1.29, 1.82) is 0 Å². The summed E-state index contributed by atoms with van der Waals surface area (Å²) in [6, 6.07) is 0. The normalized spacial score (nSPS) is 28.3. The maximum atomic E-state index is 11.2. The van der Waals surface area contributed by atoms with Gasteiger partial charge in [-0.25, -0.2) is 4.18 Å². The second kappa shape index (κ2) is 37.2. The maximum absolute atomic E-state index is 11.2. The zero-order chi connectivity index (χ0) is 53.8. The minimum absolute atomic E-state index is 0.0610. The molecule has 0 aromatic heterocycles. The molecule has 2 saturated heterocycles. The Morgan fingerprint density at radius 3 is 1.31 bits per heavy atom. The molecule has 0 amide bonds. The number of hydrogen-bond acceptors (Lipinski definition) is 15. The molecular formula is C55H108O16S. The lowest BCUT2D eigenvalue weighted by Gasteiger charge is -2.46. The highest BCUT2D eigenvalue weighted by Gasteiger charge is 2.51. The number of rotatable bonds is 42. The Hall–Kier alpha value is -0.610. The first kappa shape index (κ1) is 67.5. The molecule has 16 nitrogen and oxygen atoms in total. The third kappa shape index (κ3) is 29.2. The van der Waals surface area contributed by atoms with Gasteiger partial charge in [-0.2, -0.15) is 8.42 Å². The SMILES string of the molecule is CC(C)CCC[C@@H](C)CCC[C@@H](C)CCC[C@@H](C)CCOC[C@H](CO[C@@H]1O[C@H](CO)[C@@H](O[C@@H]2O[C@H](COS(=O)(=O)O)[C@H](O)[C@H](O)[C@H]2O)[C@H](O)[C@H]1O)OCC[C@H](C)CCC[C@H](C)CCC[C@H](C)CCCC(C)C. The molecule has 0 bridgehead atoms. The molecule has 2 rings (SSSR count). The van der Waals surface area contributed by atoms with E-state index < -0.39 is 91.1 Å². The van der Waals surface area contributed by atoms with Gasteiger partial charge in [-0.15, -0.1) is 0 Å². The first-order chi connectivity index (χ1) is 34.0. The van der Waals surface area contributed by atoms with E-state index in [0.29, 0.717) is 31.0 Å². The van der Waals surface area contributed by atoms with Crippen molar-refractivity contribution in [3.05, 3.63) is 0 Å². The summed E-state index contributed by atoms with van der Waals surface area (Å²) in [7, 11) is -4.95. The van der Waals surface area contributed by atoms with Crippen molar-refractivity contribution in [3.8, 4) is 0 Å². The van der Waals surface area contributed by atoms with Crippen molar-refractivity contribution < 1.29 is 76.2 Å². The Balaban J connectivity index is 1.92. The summed E-state index contributed by atoms with van der Waals surface area (Å²) in [4.78, 5) is 0. The molecular weight excluding hydrogens is 949 g/mol. The molecule has 0 saturated carbocycles. The number of ether oxygens (including phenoxy) is 6. The standard InChI is InChI=1S/C55H108O16S/c1-37(2)17-11-19-39(5)21-13-23-41(7)25-15-27-43(9)29-31-65-34-45(66-32-30-44(10)28-16-26-42(8)24-14-22-40(6)20-12-18-38(3)4)35-67-54-52(61)50(59)53(46(33-56)69-54)71-55-51(60)49(58)48(57)47(70-55)36-68-72(62,63)64/h37-61H,11-36H2,1-10H3,(H,62,63,64)/t39-,40-,41-,42-,43-,44-,45-,46-,47-,48+,49+,50-,51-,52-,53-,54-,55+/m1/s1. The van der Waals surface area contributed by atoms with E-state index >= 15 is 0 Å². The molecule has 2 heterocycles. The molecule has 17 atom stereocenters. The van der Waals surface area contributed by atoms with E-state index in [9.17, 15) is 39.1 Å². The van der Waals surface area contributed by atoms with Crippen molar-refractivity contribution >= 4 is 10.4 Å². The minimum atomic E-state index is -4.95. The van der Waals surface area contributed by atoms with Crippen molar-refractivity contribution in [2.24, 2.45) is 47.3 Å². The van der Waals surface area contributed by atoms with Gasteiger partial charge in [0.2, 0.25) is 0 Å². The van der Waals surface area contributed by atoms with Crippen LogP contribution in [0, 0.1) is 47.3 Å². The molecule has 2 aliphatic heterocycles. The van der Waals surface area contributed by atoms with Crippen LogP contribution in [0.5, 0.6) is 0 Å². The second-order valence-electron chi connectivity index (χ2n) is 23.5. The molecule has 2 aliphatic rings. The van der Waals surface area contributed by atoms with Gasteiger partial charge in [-0.1, -0.05) is 185 Å². The zero-order valence-electron chi connectivity index (χ0n) is 46.6. The van der Waals surface area contributed by atoms with Crippen molar-refractivity contribution in [1.82, 2.24) is 0 Å². The van der Waals surface area contributed by atoms with E-state index in [1.807, 2.05) is 0 Å². The molecule has 2 fully saturated rings. The van der Waals surface area contributed by atoms with Crippen LogP contribution in [0.2, 0.25) is 0 Å². The largest absolute Gasteiger partial charge is 0.397 e. The quantitative estimate of drug-likeness (QED) is 0.0223. The molecule has 430 valence electrons. The van der Waals surface area contributed by atoms with Gasteiger partial charge >= 0.3 is 10.4 Å². The summed E-state index contributed by atoms with van der Waals surface area (Å²) in [5.74, 6) is 5.57. The van der Waals surface area contributed by atoms with Gasteiger partial charge in [-0.3, -0.25) is 4.55 Å². The fourth-order valence-electron chi connectivity index (χ4n) is 9.99. The summed E-state index contributed by atoms with van der Waals surface area (Å²) in [6.45, 7) is 22.8. The predicted molar refractivity (Wildman–Crippen MR) is 280 cm³/mol. The highest BCUT2D eigenvalue weighted by molar-refractivity contribution is 7.80. The van der Waals surface area contributed by atoms with E-state index in [1.165, 1.54) is 103 Å². The molecule has 17 heteroatoms. The average Bonchev–Trinajstić information content (AvgIpc) is 3.30. The van der Waals surface area contributed by atoms with Crippen LogP contribution < -0.4 is 0 Å². The number of hydrogen-bond donors (Lipinski definition) is 7. The smallest absolute Gasteiger partial charge is 0.394 e. The van der Waals surface area contributed by atoms with Crippen LogP contribution in [-0.4, -0.2) is 151 Å². The molecule has 0 radical (unpaired) electrons. The molecule has 0 unspecified atom stereocenters. The van der Waals surface area contributed by atoms with Crippen molar-refractivity contribution in [2.75, 3.05) is 39.6 Å². The summed E-state index contributed by atoms with van der Waals surface area (Å²) in [5.41, 5.74) is 0. The highest BCUT2D eigenvalue weighted by Crippen LogP contribution is 2.31. The lowest BCUT2D eigenvalue weighted by molar-refractivity contribution is -0.360. The van der Waals surface area contributed by atoms with Gasteiger partial charge in [0.05, 0.1) is 26.4 Å². The first-order valence-electron chi connectivity index (χ1n) is 28.4. The van der Waals surface area contributed by atoms with Gasteiger partial charge < -0.3 is 59.1 Å². The third-order valence-electron chi connectivity index (χ3n) is 15.2. The Bertz CT molecular complexity index is 1440. The van der Waals surface area contributed by atoms with Crippen molar-refractivity contribution in [2.45, 2.75) is 265 Å². The summed E-state index contributed by atoms with van der Waals surface area (Å²) in [5, 5.41) is 64.1. The Morgan fingerprint density at radius 1 is 0.472 bits per heavy atom. The second-order valence-corrected chi connectivity index (χ2v) is 24.6. The first-order valence-corrected chi connectivity index (χ1v) is 29.8. The van der Waals surface area contributed by atoms with Crippen LogP contribution in [0.3, 0.4) is 0 Å². The minimum Gasteiger partial charge on any atom is -0.394 e. The van der Waals surface area contributed by atoms with Gasteiger partial charge in [0.1, 0.15) is 54.9 Å². The molecule has 0 aromatic rings. The monoisotopic (exact) mass is 1060 g/mol. The van der Waals surface area contributed by atoms with E-state index in [0.717, 1.165) is 55.3 Å². The number of aliphatic hydroxyl groups excluding tert-OH is 6. The third-order valence-corrected chi connectivity index (χ3v) is 15.6. The van der Waals surface area contributed by atoms with Gasteiger partial charge in [0, 0.05) is 13.2 Å². The fourth-order valence-corrected chi connectivity index (χ4v) is 10.3. The zero-order valence-corrected chi connectivity index (χ0v) is 47.4. The van der Waals surface area contributed by atoms with Gasteiger partial charge in [-0.05, 0) is 60.2 Å². The van der Waals surface area contributed by atoms with E-state index in [1.54, 1.807) is 0 Å². The fraction of sp³-hybridized carbons (Fsp3) is 1.00.